The maximum Gasteiger partial charge on any atom is 0.143 e. The molecule has 0 atom stereocenters. The average Bonchev–Trinajstić information content (AvgIpc) is 2.35. The second-order valence-electron chi connectivity index (χ2n) is 3.66. The van der Waals surface area contributed by atoms with E-state index >= 15 is 0 Å². The highest BCUT2D eigenvalue weighted by Gasteiger charge is 2.07. The molecule has 4 heteroatoms. The van der Waals surface area contributed by atoms with Crippen LogP contribution < -0.4 is 10.5 Å². The van der Waals surface area contributed by atoms with Gasteiger partial charge < -0.3 is 10.5 Å². The molecule has 0 aromatic heterocycles. The van der Waals surface area contributed by atoms with Crippen LogP contribution in [0.3, 0.4) is 0 Å². The molecule has 0 aliphatic carbocycles. The fraction of sp³-hybridized carbons (Fsp3) is 0.143. The standard InChI is InChI=1S/C14H14FNOS/c1-2-17-12-7-4-8-13(14(12)16)18-11-6-3-5-10(15)9-11/h3-9H,2,16H2,1H3. The van der Waals surface area contributed by atoms with Crippen LogP contribution in [-0.4, -0.2) is 6.61 Å². The van der Waals surface area contributed by atoms with Gasteiger partial charge in [-0.25, -0.2) is 4.39 Å². The highest BCUT2D eigenvalue weighted by Crippen LogP contribution is 2.36. The van der Waals surface area contributed by atoms with Gasteiger partial charge in [0.2, 0.25) is 0 Å². The average molecular weight is 263 g/mol. The van der Waals surface area contributed by atoms with Crippen molar-refractivity contribution in [2.75, 3.05) is 12.3 Å². The summed E-state index contributed by atoms with van der Waals surface area (Å²) in [5, 5.41) is 0. The third kappa shape index (κ3) is 2.96. The Balaban J connectivity index is 2.26. The van der Waals surface area contributed by atoms with Crippen LogP contribution in [0.15, 0.2) is 52.3 Å². The summed E-state index contributed by atoms with van der Waals surface area (Å²) >= 11 is 1.42. The Morgan fingerprint density at radius 2 is 2.00 bits per heavy atom. The number of hydrogen-bond donors (Lipinski definition) is 1. The molecule has 0 fully saturated rings. The van der Waals surface area contributed by atoms with Crippen LogP contribution in [0.2, 0.25) is 0 Å². The summed E-state index contributed by atoms with van der Waals surface area (Å²) in [6, 6.07) is 12.0. The Hall–Kier alpha value is -1.68. The Labute approximate surface area is 110 Å². The molecule has 94 valence electrons. The van der Waals surface area contributed by atoms with Gasteiger partial charge in [-0.15, -0.1) is 0 Å². The fourth-order valence-corrected chi connectivity index (χ4v) is 2.48. The molecule has 2 aromatic rings. The minimum Gasteiger partial charge on any atom is -0.492 e. The van der Waals surface area contributed by atoms with Gasteiger partial charge in [0.05, 0.1) is 12.3 Å². The molecule has 0 saturated carbocycles. The first-order valence-corrected chi connectivity index (χ1v) is 6.47. The molecule has 0 radical (unpaired) electrons. The van der Waals surface area contributed by atoms with Crippen LogP contribution in [0.25, 0.3) is 0 Å². The van der Waals surface area contributed by atoms with Gasteiger partial charge in [0.15, 0.2) is 0 Å². The van der Waals surface area contributed by atoms with E-state index in [2.05, 4.69) is 0 Å². The second kappa shape index (κ2) is 5.78. The molecule has 0 aliphatic heterocycles. The normalized spacial score (nSPS) is 10.3. The quantitative estimate of drug-likeness (QED) is 0.848. The predicted octanol–water partition coefficient (Wildman–Crippen LogP) is 3.96. The Morgan fingerprint density at radius 1 is 1.22 bits per heavy atom. The van der Waals surface area contributed by atoms with Crippen molar-refractivity contribution in [3.63, 3.8) is 0 Å². The summed E-state index contributed by atoms with van der Waals surface area (Å²) in [7, 11) is 0. The van der Waals surface area contributed by atoms with Gasteiger partial charge in [-0.3, -0.25) is 0 Å². The molecule has 0 saturated heterocycles. The van der Waals surface area contributed by atoms with Gasteiger partial charge in [0.25, 0.3) is 0 Å². The van der Waals surface area contributed by atoms with Crippen LogP contribution in [0.1, 0.15) is 6.92 Å². The molecule has 0 bridgehead atoms. The van der Waals surface area contributed by atoms with Crippen LogP contribution >= 0.6 is 11.8 Å². The highest BCUT2D eigenvalue weighted by molar-refractivity contribution is 7.99. The van der Waals surface area contributed by atoms with Crippen molar-refractivity contribution in [2.24, 2.45) is 0 Å². The molecule has 2 nitrogen and oxygen atoms in total. The molecule has 0 heterocycles. The first-order chi connectivity index (χ1) is 8.70. The van der Waals surface area contributed by atoms with Gasteiger partial charge in [0.1, 0.15) is 11.6 Å². The molecular weight excluding hydrogens is 249 g/mol. The minimum absolute atomic E-state index is 0.250. The number of rotatable bonds is 4. The largest absolute Gasteiger partial charge is 0.492 e. The topological polar surface area (TPSA) is 35.2 Å². The van der Waals surface area contributed by atoms with Crippen LogP contribution in [0.5, 0.6) is 5.75 Å². The summed E-state index contributed by atoms with van der Waals surface area (Å²) in [5.41, 5.74) is 6.61. The Kier molecular flexibility index (Phi) is 4.10. The molecule has 0 unspecified atom stereocenters. The third-order valence-corrected chi connectivity index (χ3v) is 3.42. The molecule has 2 N–H and O–H groups in total. The number of hydrogen-bond acceptors (Lipinski definition) is 3. The van der Waals surface area contributed by atoms with E-state index in [4.69, 9.17) is 10.5 Å². The molecule has 0 amide bonds. The molecule has 0 aliphatic rings. The van der Waals surface area contributed by atoms with Crippen LogP contribution in [0.4, 0.5) is 10.1 Å². The van der Waals surface area contributed by atoms with Crippen LogP contribution in [0, 0.1) is 5.82 Å². The SMILES string of the molecule is CCOc1cccc(Sc2cccc(F)c2)c1N. The van der Waals surface area contributed by atoms with Gasteiger partial charge in [0, 0.05) is 9.79 Å². The van der Waals surface area contributed by atoms with Crippen molar-refractivity contribution < 1.29 is 9.13 Å². The van der Waals surface area contributed by atoms with E-state index < -0.39 is 0 Å². The summed E-state index contributed by atoms with van der Waals surface area (Å²) in [6.45, 7) is 2.48. The summed E-state index contributed by atoms with van der Waals surface area (Å²) < 4.78 is 18.5. The number of para-hydroxylation sites is 1. The maximum absolute atomic E-state index is 13.1. The zero-order chi connectivity index (χ0) is 13.0. The number of anilines is 1. The lowest BCUT2D eigenvalue weighted by Gasteiger charge is -2.10. The number of nitrogens with two attached hydrogens (primary N) is 1. The van der Waals surface area contributed by atoms with Crippen molar-refractivity contribution in [1.29, 1.82) is 0 Å². The predicted molar refractivity (Wildman–Crippen MR) is 72.5 cm³/mol. The fourth-order valence-electron chi connectivity index (χ4n) is 1.55. The van der Waals surface area contributed by atoms with E-state index in [0.29, 0.717) is 18.0 Å². The van der Waals surface area contributed by atoms with Crippen molar-refractivity contribution in [1.82, 2.24) is 0 Å². The second-order valence-corrected chi connectivity index (χ2v) is 4.78. The first-order valence-electron chi connectivity index (χ1n) is 5.65. The van der Waals surface area contributed by atoms with E-state index in [1.807, 2.05) is 31.2 Å². The van der Waals surface area contributed by atoms with Gasteiger partial charge in [-0.1, -0.05) is 23.9 Å². The summed E-state index contributed by atoms with van der Waals surface area (Å²) in [5.74, 6) is 0.415. The smallest absolute Gasteiger partial charge is 0.143 e. The number of nitrogen functional groups attached to an aromatic ring is 1. The van der Waals surface area contributed by atoms with Crippen molar-refractivity contribution in [3.05, 3.63) is 48.3 Å². The Bertz CT molecular complexity index is 545. The summed E-state index contributed by atoms with van der Waals surface area (Å²) in [6.07, 6.45) is 0. The van der Waals surface area contributed by atoms with Crippen molar-refractivity contribution >= 4 is 17.4 Å². The lowest BCUT2D eigenvalue weighted by molar-refractivity contribution is 0.341. The first kappa shape index (κ1) is 12.8. The lowest BCUT2D eigenvalue weighted by atomic mass is 10.3. The van der Waals surface area contributed by atoms with Gasteiger partial charge in [-0.2, -0.15) is 0 Å². The molecule has 2 rings (SSSR count). The highest BCUT2D eigenvalue weighted by atomic mass is 32.2. The van der Waals surface area contributed by atoms with Gasteiger partial charge in [-0.05, 0) is 37.3 Å². The van der Waals surface area contributed by atoms with Crippen molar-refractivity contribution in [3.8, 4) is 5.75 Å². The number of halogens is 1. The number of ether oxygens (including phenoxy) is 1. The van der Waals surface area contributed by atoms with Crippen LogP contribution in [-0.2, 0) is 0 Å². The van der Waals surface area contributed by atoms with Gasteiger partial charge >= 0.3 is 0 Å². The summed E-state index contributed by atoms with van der Waals surface area (Å²) in [4.78, 5) is 1.68. The van der Waals surface area contributed by atoms with E-state index in [1.165, 1.54) is 23.9 Å². The lowest BCUT2D eigenvalue weighted by Crippen LogP contribution is -1.97. The third-order valence-electron chi connectivity index (χ3n) is 2.35. The number of benzene rings is 2. The zero-order valence-electron chi connectivity index (χ0n) is 10.0. The minimum atomic E-state index is -0.250. The van der Waals surface area contributed by atoms with E-state index in [1.54, 1.807) is 6.07 Å². The Morgan fingerprint density at radius 3 is 2.72 bits per heavy atom. The van der Waals surface area contributed by atoms with Crippen molar-refractivity contribution in [2.45, 2.75) is 16.7 Å². The zero-order valence-corrected chi connectivity index (χ0v) is 10.8. The van der Waals surface area contributed by atoms with E-state index in [9.17, 15) is 4.39 Å². The van der Waals surface area contributed by atoms with E-state index in [-0.39, 0.29) is 5.82 Å². The molecule has 0 spiro atoms. The monoisotopic (exact) mass is 263 g/mol. The van der Waals surface area contributed by atoms with E-state index in [0.717, 1.165) is 9.79 Å². The molecule has 2 aromatic carbocycles. The molecular formula is C14H14FNOS. The maximum atomic E-state index is 13.1. The molecule has 18 heavy (non-hydrogen) atoms.